The Balaban J connectivity index is 2.51. The van der Waals surface area contributed by atoms with Gasteiger partial charge in [0.05, 0.1) is 0 Å². The number of halogens is 1. The number of hydrogen-bond donors (Lipinski definition) is 1. The standard InChI is InChI=1S/C9H16ClN3O/c1-9(2,3)11-8-13-12-7(14-8)5-4-6-10/h4-6H2,1-3H3,(H,11,13). The molecule has 0 bridgehead atoms. The molecule has 0 fully saturated rings. The van der Waals surface area contributed by atoms with Crippen LogP contribution in [-0.4, -0.2) is 21.6 Å². The van der Waals surface area contributed by atoms with E-state index in [2.05, 4.69) is 15.5 Å². The first-order valence-electron chi connectivity index (χ1n) is 4.68. The number of rotatable bonds is 4. The Hall–Kier alpha value is -0.770. The minimum Gasteiger partial charge on any atom is -0.408 e. The highest BCUT2D eigenvalue weighted by Crippen LogP contribution is 2.13. The third-order valence-corrected chi connectivity index (χ3v) is 1.74. The molecule has 0 aromatic carbocycles. The van der Waals surface area contributed by atoms with Crippen LogP contribution in [0.3, 0.4) is 0 Å². The summed E-state index contributed by atoms with van der Waals surface area (Å²) in [6, 6.07) is 0.474. The van der Waals surface area contributed by atoms with Crippen molar-refractivity contribution in [3.05, 3.63) is 5.89 Å². The number of aromatic nitrogens is 2. The van der Waals surface area contributed by atoms with Crippen LogP contribution >= 0.6 is 11.6 Å². The molecule has 0 atom stereocenters. The maximum absolute atomic E-state index is 5.56. The Labute approximate surface area is 89.0 Å². The molecule has 0 radical (unpaired) electrons. The molecule has 0 unspecified atom stereocenters. The Morgan fingerprint density at radius 3 is 2.64 bits per heavy atom. The molecule has 1 N–H and O–H groups in total. The molecule has 1 rings (SSSR count). The van der Waals surface area contributed by atoms with Gasteiger partial charge in [0.15, 0.2) is 0 Å². The minimum atomic E-state index is -0.0592. The van der Waals surface area contributed by atoms with Gasteiger partial charge < -0.3 is 9.73 Å². The molecule has 0 saturated heterocycles. The van der Waals surface area contributed by atoms with Crippen molar-refractivity contribution >= 4 is 17.6 Å². The number of nitrogens with zero attached hydrogens (tertiary/aromatic N) is 2. The zero-order valence-electron chi connectivity index (χ0n) is 8.80. The summed E-state index contributed by atoms with van der Waals surface area (Å²) < 4.78 is 5.37. The van der Waals surface area contributed by atoms with Gasteiger partial charge in [-0.15, -0.1) is 16.7 Å². The van der Waals surface area contributed by atoms with Gasteiger partial charge in [-0.25, -0.2) is 0 Å². The van der Waals surface area contributed by atoms with Crippen LogP contribution in [0.4, 0.5) is 6.01 Å². The molecular weight excluding hydrogens is 202 g/mol. The van der Waals surface area contributed by atoms with Crippen molar-refractivity contribution in [1.29, 1.82) is 0 Å². The third kappa shape index (κ3) is 3.96. The monoisotopic (exact) mass is 217 g/mol. The second-order valence-electron chi connectivity index (χ2n) is 4.17. The molecule has 0 aliphatic carbocycles. The summed E-state index contributed by atoms with van der Waals surface area (Å²) in [5.74, 6) is 1.25. The summed E-state index contributed by atoms with van der Waals surface area (Å²) in [6.07, 6.45) is 1.60. The van der Waals surface area contributed by atoms with Gasteiger partial charge >= 0.3 is 6.01 Å². The van der Waals surface area contributed by atoms with E-state index in [-0.39, 0.29) is 5.54 Å². The maximum Gasteiger partial charge on any atom is 0.315 e. The lowest BCUT2D eigenvalue weighted by Gasteiger charge is -2.17. The first-order valence-corrected chi connectivity index (χ1v) is 5.21. The van der Waals surface area contributed by atoms with Gasteiger partial charge in [0, 0.05) is 17.8 Å². The molecule has 14 heavy (non-hydrogen) atoms. The summed E-state index contributed by atoms with van der Waals surface area (Å²) in [6.45, 7) is 6.11. The van der Waals surface area contributed by atoms with E-state index in [4.69, 9.17) is 16.0 Å². The Morgan fingerprint density at radius 2 is 2.07 bits per heavy atom. The van der Waals surface area contributed by atoms with Gasteiger partial charge in [0.1, 0.15) is 0 Å². The molecule has 0 saturated carbocycles. The maximum atomic E-state index is 5.56. The summed E-state index contributed by atoms with van der Waals surface area (Å²) >= 11 is 5.56. The average Bonchev–Trinajstić information content (AvgIpc) is 2.46. The summed E-state index contributed by atoms with van der Waals surface area (Å²) in [5, 5.41) is 10.9. The lowest BCUT2D eigenvalue weighted by atomic mass is 10.1. The summed E-state index contributed by atoms with van der Waals surface area (Å²) in [4.78, 5) is 0. The van der Waals surface area contributed by atoms with Gasteiger partial charge in [-0.2, -0.15) is 0 Å². The van der Waals surface area contributed by atoms with E-state index in [9.17, 15) is 0 Å². The van der Waals surface area contributed by atoms with Gasteiger partial charge in [-0.1, -0.05) is 5.10 Å². The predicted octanol–water partition coefficient (Wildman–Crippen LogP) is 2.45. The largest absolute Gasteiger partial charge is 0.408 e. The van der Waals surface area contributed by atoms with Crippen molar-refractivity contribution in [3.63, 3.8) is 0 Å². The van der Waals surface area contributed by atoms with Gasteiger partial charge in [0.2, 0.25) is 5.89 Å². The van der Waals surface area contributed by atoms with Crippen LogP contribution in [0.5, 0.6) is 0 Å². The topological polar surface area (TPSA) is 51.0 Å². The van der Waals surface area contributed by atoms with Crippen LogP contribution in [-0.2, 0) is 6.42 Å². The normalized spacial score (nSPS) is 11.7. The molecule has 5 heteroatoms. The Morgan fingerprint density at radius 1 is 1.36 bits per heavy atom. The van der Waals surface area contributed by atoms with Crippen LogP contribution in [0.25, 0.3) is 0 Å². The summed E-state index contributed by atoms with van der Waals surface area (Å²) in [5.41, 5.74) is -0.0592. The lowest BCUT2D eigenvalue weighted by molar-refractivity contribution is 0.484. The number of anilines is 1. The zero-order chi connectivity index (χ0) is 10.6. The van der Waals surface area contributed by atoms with Crippen LogP contribution < -0.4 is 5.32 Å². The fourth-order valence-electron chi connectivity index (χ4n) is 0.944. The first kappa shape index (κ1) is 11.3. The second kappa shape index (κ2) is 4.64. The van der Waals surface area contributed by atoms with Crippen molar-refractivity contribution < 1.29 is 4.42 Å². The highest BCUT2D eigenvalue weighted by molar-refractivity contribution is 6.17. The van der Waals surface area contributed by atoms with E-state index in [0.29, 0.717) is 17.8 Å². The molecule has 0 aliphatic heterocycles. The number of nitrogens with one attached hydrogen (secondary N) is 1. The van der Waals surface area contributed by atoms with Gasteiger partial charge in [-0.05, 0) is 27.2 Å². The zero-order valence-corrected chi connectivity index (χ0v) is 9.56. The number of alkyl halides is 1. The van der Waals surface area contributed by atoms with E-state index in [1.165, 1.54) is 0 Å². The van der Waals surface area contributed by atoms with E-state index in [1.54, 1.807) is 0 Å². The predicted molar refractivity (Wildman–Crippen MR) is 56.7 cm³/mol. The smallest absolute Gasteiger partial charge is 0.315 e. The van der Waals surface area contributed by atoms with Crippen molar-refractivity contribution in [2.75, 3.05) is 11.2 Å². The van der Waals surface area contributed by atoms with Crippen molar-refractivity contribution in [1.82, 2.24) is 10.2 Å². The molecule has 0 aliphatic rings. The van der Waals surface area contributed by atoms with Gasteiger partial charge in [-0.3, -0.25) is 0 Å². The van der Waals surface area contributed by atoms with Crippen molar-refractivity contribution in [2.24, 2.45) is 0 Å². The Bertz CT molecular complexity index is 280. The second-order valence-corrected chi connectivity index (χ2v) is 4.55. The molecule has 4 nitrogen and oxygen atoms in total. The van der Waals surface area contributed by atoms with Crippen LogP contribution in [0.15, 0.2) is 4.42 Å². The number of aryl methyl sites for hydroxylation is 1. The van der Waals surface area contributed by atoms with E-state index in [1.807, 2.05) is 20.8 Å². The highest BCUT2D eigenvalue weighted by Gasteiger charge is 2.13. The van der Waals surface area contributed by atoms with Crippen LogP contribution in [0.2, 0.25) is 0 Å². The number of hydrogen-bond acceptors (Lipinski definition) is 4. The fraction of sp³-hybridized carbons (Fsp3) is 0.778. The highest BCUT2D eigenvalue weighted by atomic mass is 35.5. The molecule has 0 amide bonds. The molecule has 80 valence electrons. The molecule has 1 aromatic heterocycles. The van der Waals surface area contributed by atoms with E-state index in [0.717, 1.165) is 12.8 Å². The van der Waals surface area contributed by atoms with Crippen LogP contribution in [0.1, 0.15) is 33.1 Å². The van der Waals surface area contributed by atoms with E-state index >= 15 is 0 Å². The average molecular weight is 218 g/mol. The van der Waals surface area contributed by atoms with E-state index < -0.39 is 0 Å². The molecule has 1 aromatic rings. The van der Waals surface area contributed by atoms with Crippen molar-refractivity contribution in [2.45, 2.75) is 39.2 Å². The Kier molecular flexibility index (Phi) is 3.75. The first-order chi connectivity index (χ1) is 6.51. The third-order valence-electron chi connectivity index (χ3n) is 1.47. The molecule has 0 spiro atoms. The van der Waals surface area contributed by atoms with Gasteiger partial charge in [0.25, 0.3) is 0 Å². The quantitative estimate of drug-likeness (QED) is 0.788. The lowest BCUT2D eigenvalue weighted by Crippen LogP contribution is -2.26. The SMILES string of the molecule is CC(C)(C)Nc1nnc(CCCCl)o1. The molecular formula is C9H16ClN3O. The molecule has 1 heterocycles. The minimum absolute atomic E-state index is 0.0592. The van der Waals surface area contributed by atoms with Crippen molar-refractivity contribution in [3.8, 4) is 0 Å². The fourth-order valence-corrected chi connectivity index (χ4v) is 1.08. The summed E-state index contributed by atoms with van der Waals surface area (Å²) in [7, 11) is 0. The van der Waals surface area contributed by atoms with Crippen LogP contribution in [0, 0.1) is 0 Å².